The Kier molecular flexibility index (Phi) is 6.70. The number of para-hydroxylation sites is 2. The van der Waals surface area contributed by atoms with Crippen LogP contribution in [0.2, 0.25) is 0 Å². The number of hydrogen-bond acceptors (Lipinski definition) is 6. The number of rotatable bonds is 9. The smallest absolute Gasteiger partial charge is 0.231 e. The van der Waals surface area contributed by atoms with Gasteiger partial charge in [0.05, 0.1) is 24.7 Å². The first-order valence-corrected chi connectivity index (χ1v) is 9.88. The van der Waals surface area contributed by atoms with E-state index >= 15 is 0 Å². The Labute approximate surface area is 154 Å². The molecule has 2 aromatic rings. The van der Waals surface area contributed by atoms with Crippen LogP contribution in [0.1, 0.15) is 0 Å². The molecule has 142 valence electrons. The Bertz CT molecular complexity index is 809. The zero-order chi connectivity index (χ0) is 19.2. The highest BCUT2D eigenvalue weighted by Gasteiger charge is 2.12. The first kappa shape index (κ1) is 19.9. The van der Waals surface area contributed by atoms with Crippen molar-refractivity contribution in [3.8, 4) is 11.5 Å². The Morgan fingerprint density at radius 2 is 1.81 bits per heavy atom. The van der Waals surface area contributed by atoms with E-state index in [2.05, 4.69) is 5.32 Å². The fraction of sp³-hybridized carbons (Fsp3) is 0.333. The SMILES string of the molecule is COc1ccccc1NC[C@H](O)COc1ccc(N(C)S(C)(=O)=O)cc1. The Hall–Kier alpha value is -2.45. The lowest BCUT2D eigenvalue weighted by Crippen LogP contribution is -2.26. The van der Waals surface area contributed by atoms with Gasteiger partial charge in [0.15, 0.2) is 0 Å². The lowest BCUT2D eigenvalue weighted by atomic mass is 10.2. The maximum atomic E-state index is 11.5. The van der Waals surface area contributed by atoms with Crippen molar-refractivity contribution in [1.29, 1.82) is 0 Å². The zero-order valence-corrected chi connectivity index (χ0v) is 15.9. The van der Waals surface area contributed by atoms with Crippen LogP contribution >= 0.6 is 0 Å². The summed E-state index contributed by atoms with van der Waals surface area (Å²) in [7, 11) is -0.227. The van der Waals surface area contributed by atoms with E-state index in [1.807, 2.05) is 24.3 Å². The Morgan fingerprint density at radius 1 is 1.15 bits per heavy atom. The first-order chi connectivity index (χ1) is 12.3. The quantitative estimate of drug-likeness (QED) is 0.691. The van der Waals surface area contributed by atoms with Gasteiger partial charge in [0.25, 0.3) is 0 Å². The highest BCUT2D eigenvalue weighted by atomic mass is 32.2. The van der Waals surface area contributed by atoms with Crippen molar-refractivity contribution in [3.05, 3.63) is 48.5 Å². The van der Waals surface area contributed by atoms with E-state index in [1.165, 1.54) is 11.4 Å². The number of anilines is 2. The summed E-state index contributed by atoms with van der Waals surface area (Å²) in [5, 5.41) is 13.2. The third kappa shape index (κ3) is 5.53. The molecule has 0 unspecified atom stereocenters. The van der Waals surface area contributed by atoms with Gasteiger partial charge in [0.1, 0.15) is 24.2 Å². The summed E-state index contributed by atoms with van der Waals surface area (Å²) in [6.07, 6.45) is 0.418. The second kappa shape index (κ2) is 8.77. The number of nitrogens with one attached hydrogen (secondary N) is 1. The van der Waals surface area contributed by atoms with Crippen LogP contribution in [0.5, 0.6) is 11.5 Å². The van der Waals surface area contributed by atoms with Gasteiger partial charge in [0, 0.05) is 13.6 Å². The van der Waals surface area contributed by atoms with Crippen LogP contribution in [0.4, 0.5) is 11.4 Å². The molecule has 0 aliphatic heterocycles. The van der Waals surface area contributed by atoms with Gasteiger partial charge >= 0.3 is 0 Å². The molecule has 0 aliphatic rings. The van der Waals surface area contributed by atoms with Crippen molar-refractivity contribution >= 4 is 21.4 Å². The summed E-state index contributed by atoms with van der Waals surface area (Å²) in [5.41, 5.74) is 1.33. The minimum absolute atomic E-state index is 0.101. The van der Waals surface area contributed by atoms with Crippen molar-refractivity contribution in [3.63, 3.8) is 0 Å². The van der Waals surface area contributed by atoms with Crippen LogP contribution in [0.25, 0.3) is 0 Å². The molecule has 7 nitrogen and oxygen atoms in total. The number of hydrogen-bond donors (Lipinski definition) is 2. The monoisotopic (exact) mass is 380 g/mol. The molecule has 2 N–H and O–H groups in total. The summed E-state index contributed by atoms with van der Waals surface area (Å²) in [5.74, 6) is 1.25. The van der Waals surface area contributed by atoms with Gasteiger partial charge in [-0.05, 0) is 36.4 Å². The van der Waals surface area contributed by atoms with Crippen LogP contribution in [-0.2, 0) is 10.0 Å². The van der Waals surface area contributed by atoms with E-state index < -0.39 is 16.1 Å². The third-order valence-electron chi connectivity index (χ3n) is 3.78. The van der Waals surface area contributed by atoms with E-state index in [0.29, 0.717) is 23.7 Å². The molecule has 2 rings (SSSR count). The topological polar surface area (TPSA) is 88.1 Å². The summed E-state index contributed by atoms with van der Waals surface area (Å²) >= 11 is 0. The van der Waals surface area contributed by atoms with Gasteiger partial charge in [-0.2, -0.15) is 0 Å². The molecule has 0 heterocycles. The van der Waals surface area contributed by atoms with E-state index in [4.69, 9.17) is 9.47 Å². The number of aliphatic hydroxyl groups is 1. The van der Waals surface area contributed by atoms with Crippen LogP contribution in [-0.4, -0.2) is 53.2 Å². The van der Waals surface area contributed by atoms with Crippen molar-refractivity contribution in [2.24, 2.45) is 0 Å². The maximum Gasteiger partial charge on any atom is 0.231 e. The molecular weight excluding hydrogens is 356 g/mol. The molecule has 1 atom stereocenters. The van der Waals surface area contributed by atoms with Crippen molar-refractivity contribution in [2.75, 3.05) is 43.2 Å². The predicted octanol–water partition coefficient (Wildman–Crippen LogP) is 1.94. The van der Waals surface area contributed by atoms with E-state index in [-0.39, 0.29) is 6.61 Å². The number of benzene rings is 2. The Balaban J connectivity index is 1.84. The van der Waals surface area contributed by atoms with Gasteiger partial charge < -0.3 is 19.9 Å². The summed E-state index contributed by atoms with van der Waals surface area (Å²) in [6, 6.07) is 14.1. The molecular formula is C18H24N2O5S. The average molecular weight is 380 g/mol. The molecule has 0 aromatic heterocycles. The molecule has 0 spiro atoms. The minimum Gasteiger partial charge on any atom is -0.495 e. The minimum atomic E-state index is -3.30. The van der Waals surface area contributed by atoms with Gasteiger partial charge in [-0.15, -0.1) is 0 Å². The highest BCUT2D eigenvalue weighted by molar-refractivity contribution is 7.92. The van der Waals surface area contributed by atoms with Crippen molar-refractivity contribution in [1.82, 2.24) is 0 Å². The molecule has 0 saturated heterocycles. The second-order valence-corrected chi connectivity index (χ2v) is 7.78. The summed E-state index contributed by atoms with van der Waals surface area (Å²) < 4.78 is 35.0. The molecule has 0 saturated carbocycles. The van der Waals surface area contributed by atoms with Gasteiger partial charge in [-0.3, -0.25) is 4.31 Å². The largest absolute Gasteiger partial charge is 0.495 e. The molecule has 0 fully saturated rings. The molecule has 0 amide bonds. The lowest BCUT2D eigenvalue weighted by Gasteiger charge is -2.18. The van der Waals surface area contributed by atoms with Gasteiger partial charge in [-0.25, -0.2) is 8.42 Å². The van der Waals surface area contributed by atoms with E-state index in [0.717, 1.165) is 11.9 Å². The number of methoxy groups -OCH3 is 1. The van der Waals surface area contributed by atoms with Crippen molar-refractivity contribution in [2.45, 2.75) is 6.10 Å². The van der Waals surface area contributed by atoms with Crippen LogP contribution in [0.15, 0.2) is 48.5 Å². The molecule has 26 heavy (non-hydrogen) atoms. The number of sulfonamides is 1. The maximum absolute atomic E-state index is 11.5. The molecule has 0 radical (unpaired) electrons. The lowest BCUT2D eigenvalue weighted by molar-refractivity contribution is 0.117. The van der Waals surface area contributed by atoms with Gasteiger partial charge in [-0.1, -0.05) is 12.1 Å². The number of ether oxygens (including phenoxy) is 2. The van der Waals surface area contributed by atoms with E-state index in [9.17, 15) is 13.5 Å². The molecule has 0 bridgehead atoms. The normalized spacial score (nSPS) is 12.3. The highest BCUT2D eigenvalue weighted by Crippen LogP contribution is 2.23. The fourth-order valence-electron chi connectivity index (χ4n) is 2.21. The number of nitrogens with zero attached hydrogens (tertiary/aromatic N) is 1. The van der Waals surface area contributed by atoms with Crippen LogP contribution < -0.4 is 19.1 Å². The predicted molar refractivity (Wildman–Crippen MR) is 103 cm³/mol. The fourth-order valence-corrected chi connectivity index (χ4v) is 2.72. The molecule has 2 aromatic carbocycles. The Morgan fingerprint density at radius 3 is 2.42 bits per heavy atom. The standard InChI is InChI=1S/C18H24N2O5S/c1-20(26(3,22)23)14-8-10-16(11-9-14)25-13-15(21)12-19-17-6-4-5-7-18(17)24-2/h4-11,15,19,21H,12-13H2,1-3H3/t15-/m0/s1. The molecule has 8 heteroatoms. The average Bonchev–Trinajstić information content (AvgIpc) is 2.64. The van der Waals surface area contributed by atoms with Crippen LogP contribution in [0.3, 0.4) is 0 Å². The zero-order valence-electron chi connectivity index (χ0n) is 15.0. The third-order valence-corrected chi connectivity index (χ3v) is 4.98. The van der Waals surface area contributed by atoms with E-state index in [1.54, 1.807) is 31.4 Å². The summed E-state index contributed by atoms with van der Waals surface area (Å²) in [6.45, 7) is 0.401. The second-order valence-electron chi connectivity index (χ2n) is 5.77. The molecule has 0 aliphatic carbocycles. The summed E-state index contributed by atoms with van der Waals surface area (Å²) in [4.78, 5) is 0. The van der Waals surface area contributed by atoms with Crippen LogP contribution in [0, 0.1) is 0 Å². The van der Waals surface area contributed by atoms with Gasteiger partial charge in [0.2, 0.25) is 10.0 Å². The first-order valence-electron chi connectivity index (χ1n) is 8.03. The number of aliphatic hydroxyl groups excluding tert-OH is 1. The van der Waals surface area contributed by atoms with Crippen molar-refractivity contribution < 1.29 is 23.0 Å².